The molecule has 1 heterocycles. The molecule has 0 aromatic carbocycles. The summed E-state index contributed by atoms with van der Waals surface area (Å²) in [6.45, 7) is 5.68. The van der Waals surface area contributed by atoms with Crippen LogP contribution in [-0.2, 0) is 4.74 Å². The van der Waals surface area contributed by atoms with Crippen LogP contribution in [0.3, 0.4) is 0 Å². The summed E-state index contributed by atoms with van der Waals surface area (Å²) in [5.74, 6) is 1.05. The van der Waals surface area contributed by atoms with Crippen LogP contribution in [0.15, 0.2) is 0 Å². The Bertz CT molecular complexity index is 198. The van der Waals surface area contributed by atoms with Crippen molar-refractivity contribution in [2.24, 2.45) is 5.92 Å². The van der Waals surface area contributed by atoms with Crippen molar-refractivity contribution in [1.82, 2.24) is 10.2 Å². The van der Waals surface area contributed by atoms with Gasteiger partial charge in [-0.1, -0.05) is 0 Å². The first-order valence-corrected chi connectivity index (χ1v) is 6.84. The average molecular weight is 226 g/mol. The molecule has 1 aliphatic heterocycles. The van der Waals surface area contributed by atoms with Crippen molar-refractivity contribution in [2.45, 2.75) is 38.1 Å². The molecule has 2 aliphatic rings. The first-order chi connectivity index (χ1) is 7.90. The van der Waals surface area contributed by atoms with Gasteiger partial charge in [0.15, 0.2) is 0 Å². The summed E-state index contributed by atoms with van der Waals surface area (Å²) >= 11 is 0. The van der Waals surface area contributed by atoms with Crippen LogP contribution >= 0.6 is 0 Å². The number of piperidine rings is 1. The molecular formula is C13H26N2O. The lowest BCUT2D eigenvalue weighted by molar-refractivity contribution is 0.197. The molecule has 0 aromatic heterocycles. The van der Waals surface area contributed by atoms with Gasteiger partial charge in [0, 0.05) is 26.2 Å². The van der Waals surface area contributed by atoms with Crippen LogP contribution in [0.1, 0.15) is 32.1 Å². The lowest BCUT2D eigenvalue weighted by atomic mass is 10.1. The number of nitrogens with one attached hydrogen (secondary N) is 1. The molecule has 2 rings (SSSR count). The molecule has 0 spiro atoms. The predicted octanol–water partition coefficient (Wildman–Crippen LogP) is 1.49. The van der Waals surface area contributed by atoms with E-state index in [2.05, 4.69) is 10.2 Å². The van der Waals surface area contributed by atoms with E-state index in [0.29, 0.717) is 0 Å². The number of unbranched alkanes of at least 4 members (excludes halogenated alkanes) is 1. The fourth-order valence-electron chi connectivity index (χ4n) is 3.16. The Morgan fingerprint density at radius 3 is 2.88 bits per heavy atom. The maximum Gasteiger partial charge on any atom is 0.0587 e. The number of hydrogen-bond acceptors (Lipinski definition) is 3. The van der Waals surface area contributed by atoms with Gasteiger partial charge in [0.05, 0.1) is 6.61 Å². The van der Waals surface area contributed by atoms with E-state index in [-0.39, 0.29) is 0 Å². The Balaban J connectivity index is 1.43. The third-order valence-electron chi connectivity index (χ3n) is 4.05. The molecule has 1 aliphatic carbocycles. The zero-order valence-corrected chi connectivity index (χ0v) is 10.6. The van der Waals surface area contributed by atoms with Gasteiger partial charge >= 0.3 is 0 Å². The van der Waals surface area contributed by atoms with Crippen molar-refractivity contribution in [3.63, 3.8) is 0 Å². The fraction of sp³-hybridized carbons (Fsp3) is 1.00. The quantitative estimate of drug-likeness (QED) is 0.635. The number of rotatable bonds is 8. The monoisotopic (exact) mass is 226 g/mol. The van der Waals surface area contributed by atoms with E-state index in [9.17, 15) is 0 Å². The maximum absolute atomic E-state index is 4.99. The van der Waals surface area contributed by atoms with E-state index in [1.54, 1.807) is 7.11 Å². The molecule has 3 nitrogen and oxygen atoms in total. The predicted molar refractivity (Wildman–Crippen MR) is 66.7 cm³/mol. The molecule has 2 fully saturated rings. The largest absolute Gasteiger partial charge is 0.383 e. The highest BCUT2D eigenvalue weighted by Crippen LogP contribution is 2.37. The van der Waals surface area contributed by atoms with Crippen molar-refractivity contribution in [3.05, 3.63) is 0 Å². The van der Waals surface area contributed by atoms with Gasteiger partial charge in [-0.05, 0) is 51.1 Å². The number of nitrogens with zero attached hydrogens (tertiary/aromatic N) is 1. The number of likely N-dealkylation sites (tertiary alicyclic amines) is 1. The first kappa shape index (κ1) is 12.3. The van der Waals surface area contributed by atoms with E-state index in [4.69, 9.17) is 4.74 Å². The van der Waals surface area contributed by atoms with Gasteiger partial charge in [0.25, 0.3) is 0 Å². The second kappa shape index (κ2) is 6.58. The lowest BCUT2D eigenvalue weighted by Crippen LogP contribution is -2.33. The van der Waals surface area contributed by atoms with E-state index < -0.39 is 0 Å². The third-order valence-corrected chi connectivity index (χ3v) is 4.05. The van der Waals surface area contributed by atoms with E-state index >= 15 is 0 Å². The molecule has 1 N–H and O–H groups in total. The van der Waals surface area contributed by atoms with Crippen molar-refractivity contribution in [1.29, 1.82) is 0 Å². The van der Waals surface area contributed by atoms with E-state index in [1.165, 1.54) is 45.2 Å². The summed E-state index contributed by atoms with van der Waals surface area (Å²) in [4.78, 5) is 2.73. The topological polar surface area (TPSA) is 24.5 Å². The summed E-state index contributed by atoms with van der Waals surface area (Å²) in [6, 6.07) is 0.950. The SMILES string of the molecule is COCCNCCCCN1CC2CCC1C2. The lowest BCUT2D eigenvalue weighted by Gasteiger charge is -2.26. The summed E-state index contributed by atoms with van der Waals surface area (Å²) < 4.78 is 4.99. The van der Waals surface area contributed by atoms with Crippen molar-refractivity contribution >= 4 is 0 Å². The molecule has 94 valence electrons. The van der Waals surface area contributed by atoms with Crippen LogP contribution in [0.4, 0.5) is 0 Å². The second-order valence-corrected chi connectivity index (χ2v) is 5.28. The van der Waals surface area contributed by atoms with Gasteiger partial charge in [-0.15, -0.1) is 0 Å². The fourth-order valence-corrected chi connectivity index (χ4v) is 3.16. The van der Waals surface area contributed by atoms with E-state index in [0.717, 1.165) is 31.7 Å². The minimum absolute atomic E-state index is 0.829. The normalized spacial score (nSPS) is 29.1. The van der Waals surface area contributed by atoms with Crippen LogP contribution in [-0.4, -0.2) is 50.8 Å². The van der Waals surface area contributed by atoms with Crippen LogP contribution < -0.4 is 5.32 Å². The molecule has 1 saturated carbocycles. The number of ether oxygens (including phenoxy) is 1. The summed E-state index contributed by atoms with van der Waals surface area (Å²) in [6.07, 6.45) is 7.11. The number of methoxy groups -OCH3 is 1. The van der Waals surface area contributed by atoms with Crippen LogP contribution in [0.25, 0.3) is 0 Å². The Hall–Kier alpha value is -0.120. The molecule has 2 bridgehead atoms. The minimum atomic E-state index is 0.829. The smallest absolute Gasteiger partial charge is 0.0587 e. The maximum atomic E-state index is 4.99. The summed E-state index contributed by atoms with van der Waals surface area (Å²) in [5, 5.41) is 3.40. The molecule has 0 aromatic rings. The molecular weight excluding hydrogens is 200 g/mol. The summed E-state index contributed by atoms with van der Waals surface area (Å²) in [7, 11) is 1.75. The molecule has 16 heavy (non-hydrogen) atoms. The Morgan fingerprint density at radius 1 is 1.25 bits per heavy atom. The molecule has 0 amide bonds. The highest BCUT2D eigenvalue weighted by Gasteiger charge is 2.36. The van der Waals surface area contributed by atoms with Crippen LogP contribution in [0.5, 0.6) is 0 Å². The van der Waals surface area contributed by atoms with Gasteiger partial charge in [0.2, 0.25) is 0 Å². The molecule has 0 radical (unpaired) electrons. The second-order valence-electron chi connectivity index (χ2n) is 5.28. The number of hydrogen-bond donors (Lipinski definition) is 1. The summed E-state index contributed by atoms with van der Waals surface area (Å²) in [5.41, 5.74) is 0. The van der Waals surface area contributed by atoms with Gasteiger partial charge in [-0.25, -0.2) is 0 Å². The third kappa shape index (κ3) is 3.44. The van der Waals surface area contributed by atoms with Crippen molar-refractivity contribution in [2.75, 3.05) is 39.9 Å². The average Bonchev–Trinajstić information content (AvgIpc) is 2.90. The van der Waals surface area contributed by atoms with Crippen molar-refractivity contribution < 1.29 is 4.74 Å². The van der Waals surface area contributed by atoms with E-state index in [1.807, 2.05) is 0 Å². The standard InChI is InChI=1S/C13H26N2O/c1-16-9-7-14-6-2-3-8-15-11-12-4-5-13(15)10-12/h12-14H,2-11H2,1H3. The number of fused-ring (bicyclic) bond motifs is 2. The molecule has 2 atom stereocenters. The molecule has 3 heteroatoms. The van der Waals surface area contributed by atoms with Gasteiger partial charge in [0.1, 0.15) is 0 Å². The zero-order chi connectivity index (χ0) is 11.2. The molecule has 2 unspecified atom stereocenters. The minimum Gasteiger partial charge on any atom is -0.383 e. The van der Waals surface area contributed by atoms with Gasteiger partial charge < -0.3 is 15.0 Å². The van der Waals surface area contributed by atoms with Crippen LogP contribution in [0, 0.1) is 5.92 Å². The van der Waals surface area contributed by atoms with Gasteiger partial charge in [-0.2, -0.15) is 0 Å². The zero-order valence-electron chi connectivity index (χ0n) is 10.6. The first-order valence-electron chi connectivity index (χ1n) is 6.84. The van der Waals surface area contributed by atoms with Crippen molar-refractivity contribution in [3.8, 4) is 0 Å². The van der Waals surface area contributed by atoms with Gasteiger partial charge in [-0.3, -0.25) is 0 Å². The Morgan fingerprint density at radius 2 is 2.19 bits per heavy atom. The Kier molecular flexibility index (Phi) is 5.07. The Labute approximate surface area is 99.5 Å². The van der Waals surface area contributed by atoms with Crippen LogP contribution in [0.2, 0.25) is 0 Å². The highest BCUT2D eigenvalue weighted by molar-refractivity contribution is 4.91. The molecule has 1 saturated heterocycles. The highest BCUT2D eigenvalue weighted by atomic mass is 16.5.